The normalized spacial score (nSPS) is 14.1. The number of benzene rings is 3. The maximum atomic E-state index is 13.3. The molecule has 1 heterocycles. The molecule has 1 aliphatic rings. The van der Waals surface area contributed by atoms with Crippen molar-refractivity contribution >= 4 is 27.8 Å². The molecule has 0 N–H and O–H groups in total. The Hall–Kier alpha value is -2.92. The van der Waals surface area contributed by atoms with Crippen LogP contribution >= 0.6 is 15.9 Å². The summed E-state index contributed by atoms with van der Waals surface area (Å²) in [6, 6.07) is 17.3. The highest BCUT2D eigenvalue weighted by Gasteiger charge is 2.30. The molecule has 3 aromatic carbocycles. The van der Waals surface area contributed by atoms with Crippen molar-refractivity contribution in [3.63, 3.8) is 0 Å². The highest BCUT2D eigenvalue weighted by molar-refractivity contribution is 9.10. The van der Waals surface area contributed by atoms with Gasteiger partial charge in [0.1, 0.15) is 23.9 Å². The Labute approximate surface area is 170 Å². The van der Waals surface area contributed by atoms with E-state index >= 15 is 0 Å². The minimum absolute atomic E-state index is 0.158. The summed E-state index contributed by atoms with van der Waals surface area (Å²) in [6.45, 7) is 2.07. The standard InChI is InChI=1S/C23H16BrFO3/c1-14-20(27-13-16-5-3-7-18(25)11-16)9-8-19-22(26)21(28-23(14)19)12-15-4-2-6-17(24)10-15/h2-12H,13H2,1H3/b21-12-. The van der Waals surface area contributed by atoms with E-state index in [1.807, 2.05) is 31.2 Å². The summed E-state index contributed by atoms with van der Waals surface area (Å²) in [5.74, 6) is 0.916. The third-order valence-corrected chi connectivity index (χ3v) is 4.96. The van der Waals surface area contributed by atoms with Crippen LogP contribution in [0.3, 0.4) is 0 Å². The zero-order valence-electron chi connectivity index (χ0n) is 15.0. The first-order chi connectivity index (χ1) is 13.5. The van der Waals surface area contributed by atoms with Crippen LogP contribution < -0.4 is 9.47 Å². The van der Waals surface area contributed by atoms with E-state index in [4.69, 9.17) is 9.47 Å². The van der Waals surface area contributed by atoms with E-state index in [9.17, 15) is 9.18 Å². The van der Waals surface area contributed by atoms with Gasteiger partial charge in [0.05, 0.1) is 5.56 Å². The molecule has 140 valence electrons. The van der Waals surface area contributed by atoms with Crippen molar-refractivity contribution in [2.45, 2.75) is 13.5 Å². The SMILES string of the molecule is Cc1c(OCc2cccc(F)c2)ccc2c1O/C(=C\c1cccc(Br)c1)C2=O. The lowest BCUT2D eigenvalue weighted by Crippen LogP contribution is -1.98. The number of carbonyl (C=O) groups is 1. The third-order valence-electron chi connectivity index (χ3n) is 4.47. The zero-order valence-corrected chi connectivity index (χ0v) is 16.6. The number of fused-ring (bicyclic) bond motifs is 1. The maximum absolute atomic E-state index is 13.3. The molecular weight excluding hydrogens is 423 g/mol. The first-order valence-corrected chi connectivity index (χ1v) is 9.51. The molecule has 4 rings (SSSR count). The van der Waals surface area contributed by atoms with Gasteiger partial charge in [0.2, 0.25) is 5.78 Å². The van der Waals surface area contributed by atoms with Crippen LogP contribution in [0.4, 0.5) is 4.39 Å². The molecule has 3 nitrogen and oxygen atoms in total. The molecule has 0 radical (unpaired) electrons. The smallest absolute Gasteiger partial charge is 0.231 e. The number of hydrogen-bond donors (Lipinski definition) is 0. The van der Waals surface area contributed by atoms with Gasteiger partial charge >= 0.3 is 0 Å². The van der Waals surface area contributed by atoms with E-state index in [2.05, 4.69) is 15.9 Å². The predicted octanol–water partition coefficient (Wildman–Crippen LogP) is 6.09. The van der Waals surface area contributed by atoms with E-state index in [1.165, 1.54) is 12.1 Å². The second-order valence-corrected chi connectivity index (χ2v) is 7.39. The Bertz CT molecular complexity index is 1100. The lowest BCUT2D eigenvalue weighted by atomic mass is 10.1. The van der Waals surface area contributed by atoms with Crippen LogP contribution in [-0.4, -0.2) is 5.78 Å². The Morgan fingerprint density at radius 2 is 1.93 bits per heavy atom. The van der Waals surface area contributed by atoms with Crippen LogP contribution in [0.25, 0.3) is 6.08 Å². The van der Waals surface area contributed by atoms with Crippen LogP contribution in [0.15, 0.2) is 70.9 Å². The lowest BCUT2D eigenvalue weighted by molar-refractivity contribution is 0.101. The fraction of sp³-hybridized carbons (Fsp3) is 0.0870. The van der Waals surface area contributed by atoms with Gasteiger partial charge in [-0.05, 0) is 60.5 Å². The van der Waals surface area contributed by atoms with Crippen LogP contribution in [0.1, 0.15) is 27.0 Å². The second-order valence-electron chi connectivity index (χ2n) is 6.48. The van der Waals surface area contributed by atoms with Crippen LogP contribution in [0.2, 0.25) is 0 Å². The second kappa shape index (κ2) is 7.60. The summed E-state index contributed by atoms with van der Waals surface area (Å²) in [7, 11) is 0. The molecule has 5 heteroatoms. The minimum atomic E-state index is -0.303. The van der Waals surface area contributed by atoms with Gasteiger partial charge in [-0.1, -0.05) is 40.2 Å². The predicted molar refractivity (Wildman–Crippen MR) is 109 cm³/mol. The van der Waals surface area contributed by atoms with Gasteiger partial charge in [-0.15, -0.1) is 0 Å². The number of ether oxygens (including phenoxy) is 2. The highest BCUT2D eigenvalue weighted by atomic mass is 79.9. The van der Waals surface area contributed by atoms with Gasteiger partial charge in [0.25, 0.3) is 0 Å². The molecule has 1 aliphatic heterocycles. The van der Waals surface area contributed by atoms with Crippen molar-refractivity contribution in [2.75, 3.05) is 0 Å². The molecule has 0 saturated carbocycles. The summed E-state index contributed by atoms with van der Waals surface area (Å²) in [6.07, 6.45) is 1.72. The number of Topliss-reactive ketones (excluding diaryl/α,β-unsaturated/α-hetero) is 1. The van der Waals surface area contributed by atoms with E-state index in [0.29, 0.717) is 17.1 Å². The fourth-order valence-corrected chi connectivity index (χ4v) is 3.48. The molecule has 0 unspecified atom stereocenters. The number of allylic oxidation sites excluding steroid dienone is 1. The van der Waals surface area contributed by atoms with Crippen molar-refractivity contribution in [2.24, 2.45) is 0 Å². The summed E-state index contributed by atoms with van der Waals surface area (Å²) >= 11 is 3.42. The molecular formula is C23H16BrFO3. The van der Waals surface area contributed by atoms with Crippen LogP contribution in [0.5, 0.6) is 11.5 Å². The van der Waals surface area contributed by atoms with Gasteiger partial charge < -0.3 is 9.47 Å². The molecule has 28 heavy (non-hydrogen) atoms. The average molecular weight is 439 g/mol. The molecule has 0 aliphatic carbocycles. The number of hydrogen-bond acceptors (Lipinski definition) is 3. The van der Waals surface area contributed by atoms with Crippen LogP contribution in [0, 0.1) is 12.7 Å². The van der Waals surface area contributed by atoms with Gasteiger partial charge in [0, 0.05) is 10.0 Å². The number of carbonyl (C=O) groups excluding carboxylic acids is 1. The van der Waals surface area contributed by atoms with Crippen molar-refractivity contribution in [3.05, 3.63) is 99.0 Å². The summed E-state index contributed by atoms with van der Waals surface area (Å²) in [5, 5.41) is 0. The van der Waals surface area contributed by atoms with Gasteiger partial charge in [-0.3, -0.25) is 4.79 Å². The number of rotatable bonds is 4. The van der Waals surface area contributed by atoms with E-state index in [-0.39, 0.29) is 24.0 Å². The molecule has 0 atom stereocenters. The Morgan fingerprint density at radius 3 is 2.71 bits per heavy atom. The monoisotopic (exact) mass is 438 g/mol. The molecule has 0 amide bonds. The van der Waals surface area contributed by atoms with Crippen molar-refractivity contribution in [1.82, 2.24) is 0 Å². The Balaban J connectivity index is 1.58. The quantitative estimate of drug-likeness (QED) is 0.462. The minimum Gasteiger partial charge on any atom is -0.488 e. The van der Waals surface area contributed by atoms with Crippen molar-refractivity contribution < 1.29 is 18.7 Å². The zero-order chi connectivity index (χ0) is 19.7. The Morgan fingerprint density at radius 1 is 1.11 bits per heavy atom. The topological polar surface area (TPSA) is 35.5 Å². The summed E-state index contributed by atoms with van der Waals surface area (Å²) < 4.78 is 25.9. The van der Waals surface area contributed by atoms with Crippen molar-refractivity contribution in [1.29, 1.82) is 0 Å². The Kier molecular flexibility index (Phi) is 5.01. The van der Waals surface area contributed by atoms with Crippen molar-refractivity contribution in [3.8, 4) is 11.5 Å². The van der Waals surface area contributed by atoms with Gasteiger partial charge in [-0.25, -0.2) is 4.39 Å². The average Bonchev–Trinajstić information content (AvgIpc) is 2.98. The molecule has 0 aromatic heterocycles. The molecule has 0 bridgehead atoms. The summed E-state index contributed by atoms with van der Waals surface area (Å²) in [5.41, 5.74) is 2.84. The van der Waals surface area contributed by atoms with E-state index in [0.717, 1.165) is 21.2 Å². The van der Waals surface area contributed by atoms with E-state index in [1.54, 1.807) is 30.3 Å². The van der Waals surface area contributed by atoms with Gasteiger partial charge in [-0.2, -0.15) is 0 Å². The summed E-state index contributed by atoms with van der Waals surface area (Å²) in [4.78, 5) is 12.7. The molecule has 0 saturated heterocycles. The fourth-order valence-electron chi connectivity index (χ4n) is 3.06. The molecule has 0 fully saturated rings. The van der Waals surface area contributed by atoms with E-state index < -0.39 is 0 Å². The van der Waals surface area contributed by atoms with Crippen LogP contribution in [-0.2, 0) is 6.61 Å². The maximum Gasteiger partial charge on any atom is 0.231 e. The third kappa shape index (κ3) is 3.71. The number of halogens is 2. The largest absolute Gasteiger partial charge is 0.488 e. The van der Waals surface area contributed by atoms with Gasteiger partial charge in [0.15, 0.2) is 5.76 Å². The molecule has 3 aromatic rings. The first kappa shape index (κ1) is 18.4. The lowest BCUT2D eigenvalue weighted by Gasteiger charge is -2.11. The number of ketones is 1. The highest BCUT2D eigenvalue weighted by Crippen LogP contribution is 2.39. The molecule has 0 spiro atoms. The first-order valence-electron chi connectivity index (χ1n) is 8.72.